The molecule has 0 aromatic rings. The van der Waals surface area contributed by atoms with Gasteiger partial charge in [0.25, 0.3) is 0 Å². The molecule has 0 saturated carbocycles. The van der Waals surface area contributed by atoms with Gasteiger partial charge in [0.15, 0.2) is 0 Å². The van der Waals surface area contributed by atoms with Crippen LogP contribution < -0.4 is 5.32 Å². The average molecular weight is 1130 g/mol. The minimum atomic E-state index is -0.662. The van der Waals surface area contributed by atoms with Crippen molar-refractivity contribution in [1.29, 1.82) is 0 Å². The maximum atomic E-state index is 12.5. The molecule has 0 rings (SSSR count). The van der Waals surface area contributed by atoms with Gasteiger partial charge in [0.1, 0.15) is 0 Å². The van der Waals surface area contributed by atoms with Crippen molar-refractivity contribution in [3.05, 3.63) is 12.2 Å². The number of allylic oxidation sites excluding steroid dienone is 2. The molecule has 0 bridgehead atoms. The van der Waals surface area contributed by atoms with Crippen LogP contribution in [0.3, 0.4) is 0 Å². The lowest BCUT2D eigenvalue weighted by atomic mass is 10.0. The number of aliphatic hydroxyl groups is 2. The van der Waals surface area contributed by atoms with E-state index in [2.05, 4.69) is 31.3 Å². The van der Waals surface area contributed by atoms with Gasteiger partial charge in [-0.1, -0.05) is 373 Å². The van der Waals surface area contributed by atoms with Crippen LogP contribution in [-0.4, -0.2) is 47.4 Å². The van der Waals surface area contributed by atoms with E-state index >= 15 is 0 Å². The summed E-state index contributed by atoms with van der Waals surface area (Å²) in [5.41, 5.74) is 0. The molecular weight excluding hydrogens is 983 g/mol. The van der Waals surface area contributed by atoms with Crippen LogP contribution in [-0.2, 0) is 14.3 Å². The molecule has 6 nitrogen and oxygen atoms in total. The molecule has 0 fully saturated rings. The Bertz CT molecular complexity index is 1210. The molecule has 0 aliphatic rings. The van der Waals surface area contributed by atoms with Gasteiger partial charge >= 0.3 is 5.97 Å². The highest BCUT2D eigenvalue weighted by molar-refractivity contribution is 5.76. The Morgan fingerprint density at radius 2 is 0.588 bits per heavy atom. The Morgan fingerprint density at radius 1 is 0.338 bits per heavy atom. The van der Waals surface area contributed by atoms with Crippen molar-refractivity contribution in [3.8, 4) is 0 Å². The van der Waals surface area contributed by atoms with E-state index in [-0.39, 0.29) is 18.5 Å². The van der Waals surface area contributed by atoms with E-state index in [0.29, 0.717) is 25.9 Å². The number of nitrogens with one attached hydrogen (secondary N) is 1. The Balaban J connectivity index is 3.33. The minimum absolute atomic E-state index is 0.0227. The first-order valence-electron chi connectivity index (χ1n) is 36.9. The van der Waals surface area contributed by atoms with E-state index in [1.165, 1.54) is 353 Å². The molecule has 0 aliphatic heterocycles. The Hall–Kier alpha value is -1.40. The lowest BCUT2D eigenvalue weighted by Gasteiger charge is -2.22. The molecule has 2 atom stereocenters. The molecule has 0 aromatic carbocycles. The molecule has 6 heteroatoms. The third-order valence-corrected chi connectivity index (χ3v) is 17.6. The predicted molar refractivity (Wildman–Crippen MR) is 352 cm³/mol. The van der Waals surface area contributed by atoms with Crippen molar-refractivity contribution < 1.29 is 24.5 Å². The van der Waals surface area contributed by atoms with Crippen LogP contribution in [0.1, 0.15) is 425 Å². The fourth-order valence-corrected chi connectivity index (χ4v) is 11.9. The molecule has 80 heavy (non-hydrogen) atoms. The van der Waals surface area contributed by atoms with Gasteiger partial charge < -0.3 is 20.3 Å². The second-order valence-electron chi connectivity index (χ2n) is 25.6. The molecule has 2 unspecified atom stereocenters. The largest absolute Gasteiger partial charge is 0.466 e. The Kier molecular flexibility index (Phi) is 68.9. The summed E-state index contributed by atoms with van der Waals surface area (Å²) in [5, 5.41) is 23.3. The van der Waals surface area contributed by atoms with Crippen LogP contribution in [0.2, 0.25) is 0 Å². The summed E-state index contributed by atoms with van der Waals surface area (Å²) in [6, 6.07) is -0.539. The molecule has 3 N–H and O–H groups in total. The summed E-state index contributed by atoms with van der Waals surface area (Å²) in [5.74, 6) is -0.00663. The van der Waals surface area contributed by atoms with Gasteiger partial charge in [-0.15, -0.1) is 0 Å². The van der Waals surface area contributed by atoms with Crippen LogP contribution in [0, 0.1) is 0 Å². The number of hydrogen-bond acceptors (Lipinski definition) is 5. The number of unbranched alkanes of at least 4 members (excludes halogenated alkanes) is 57. The number of ether oxygens (including phenoxy) is 1. The van der Waals surface area contributed by atoms with Crippen molar-refractivity contribution >= 4 is 11.9 Å². The number of hydrogen-bond donors (Lipinski definition) is 3. The van der Waals surface area contributed by atoms with Gasteiger partial charge in [-0.2, -0.15) is 0 Å². The fourth-order valence-electron chi connectivity index (χ4n) is 11.9. The van der Waals surface area contributed by atoms with Crippen molar-refractivity contribution in [3.63, 3.8) is 0 Å². The molecule has 0 heterocycles. The first-order valence-corrected chi connectivity index (χ1v) is 36.9. The molecular formula is C74H145NO5. The molecule has 0 radical (unpaired) electrons. The molecule has 0 aliphatic carbocycles. The SMILES string of the molecule is CCCCCCCCCCCCCCCCCCCC(=O)OCCCCCCCCCCCCCC/C=C\CCCCCCCCCCCCCCCCCC(=O)NC(CO)C(O)CCCCCCCCCCCCCCCCC. The van der Waals surface area contributed by atoms with Gasteiger partial charge in [0.05, 0.1) is 25.4 Å². The Morgan fingerprint density at radius 3 is 0.887 bits per heavy atom. The summed E-state index contributed by atoms with van der Waals surface area (Å²) >= 11 is 0. The van der Waals surface area contributed by atoms with Crippen molar-refractivity contribution in [1.82, 2.24) is 5.32 Å². The van der Waals surface area contributed by atoms with E-state index in [0.717, 1.165) is 38.5 Å². The van der Waals surface area contributed by atoms with Crippen molar-refractivity contribution in [2.24, 2.45) is 0 Å². The highest BCUT2D eigenvalue weighted by atomic mass is 16.5. The van der Waals surface area contributed by atoms with E-state index in [1.54, 1.807) is 0 Å². The van der Waals surface area contributed by atoms with Gasteiger partial charge in [0, 0.05) is 12.8 Å². The molecule has 1 amide bonds. The van der Waals surface area contributed by atoms with Gasteiger partial charge in [-0.25, -0.2) is 0 Å². The van der Waals surface area contributed by atoms with Crippen LogP contribution in [0.15, 0.2) is 12.2 Å². The summed E-state index contributed by atoms with van der Waals surface area (Å²) in [7, 11) is 0. The zero-order valence-electron chi connectivity index (χ0n) is 54.6. The van der Waals surface area contributed by atoms with Crippen LogP contribution in [0.4, 0.5) is 0 Å². The quantitative estimate of drug-likeness (QED) is 0.0320. The number of rotatable bonds is 70. The van der Waals surface area contributed by atoms with Crippen LogP contribution in [0.25, 0.3) is 0 Å². The summed E-state index contributed by atoms with van der Waals surface area (Å²) in [4.78, 5) is 24.6. The highest BCUT2D eigenvalue weighted by Crippen LogP contribution is 2.19. The summed E-state index contributed by atoms with van der Waals surface area (Å²) in [6.07, 6.45) is 87.1. The summed E-state index contributed by atoms with van der Waals surface area (Å²) < 4.78 is 5.51. The number of carbonyl (C=O) groups is 2. The van der Waals surface area contributed by atoms with E-state index in [1.807, 2.05) is 0 Å². The standard InChI is InChI=1S/C74H145NO5/c1-3-5-7-9-11-13-15-17-19-35-40-44-48-52-56-60-64-68-74(79)80-69-65-61-57-53-49-45-41-37-34-32-30-28-26-24-22-20-21-23-25-27-29-31-33-36-39-43-47-51-55-59-63-67-73(78)75-71(70-76)72(77)66-62-58-54-50-46-42-38-18-16-14-12-10-8-6-4-2/h22,24,71-72,76-77H,3-21,23,25-70H2,1-2H3,(H,75,78)/b24-22-. The average Bonchev–Trinajstić information content (AvgIpc) is 3.46. The first kappa shape index (κ1) is 78.6. The number of aliphatic hydroxyl groups excluding tert-OH is 2. The van der Waals surface area contributed by atoms with Crippen LogP contribution >= 0.6 is 0 Å². The maximum Gasteiger partial charge on any atom is 0.305 e. The van der Waals surface area contributed by atoms with E-state index < -0.39 is 12.1 Å². The predicted octanol–water partition coefficient (Wildman–Crippen LogP) is 23.9. The third kappa shape index (κ3) is 65.7. The molecule has 0 saturated heterocycles. The van der Waals surface area contributed by atoms with E-state index in [4.69, 9.17) is 4.74 Å². The van der Waals surface area contributed by atoms with Gasteiger partial charge in [0.2, 0.25) is 5.91 Å². The number of amides is 1. The fraction of sp³-hybridized carbons (Fsp3) is 0.946. The van der Waals surface area contributed by atoms with E-state index in [9.17, 15) is 19.8 Å². The smallest absolute Gasteiger partial charge is 0.305 e. The first-order chi connectivity index (χ1) is 39.5. The minimum Gasteiger partial charge on any atom is -0.466 e. The molecule has 476 valence electrons. The lowest BCUT2D eigenvalue weighted by molar-refractivity contribution is -0.143. The zero-order valence-corrected chi connectivity index (χ0v) is 54.6. The van der Waals surface area contributed by atoms with Crippen molar-refractivity contribution in [2.45, 2.75) is 437 Å². The number of esters is 1. The normalized spacial score (nSPS) is 12.5. The highest BCUT2D eigenvalue weighted by Gasteiger charge is 2.20. The van der Waals surface area contributed by atoms with Crippen LogP contribution in [0.5, 0.6) is 0 Å². The van der Waals surface area contributed by atoms with Gasteiger partial charge in [-0.05, 0) is 51.4 Å². The molecule has 0 aromatic heterocycles. The molecule has 0 spiro atoms. The topological polar surface area (TPSA) is 95.9 Å². The Labute approximate surface area is 501 Å². The van der Waals surface area contributed by atoms with Gasteiger partial charge in [-0.3, -0.25) is 9.59 Å². The monoisotopic (exact) mass is 1130 g/mol. The zero-order chi connectivity index (χ0) is 57.8. The lowest BCUT2D eigenvalue weighted by Crippen LogP contribution is -2.45. The second kappa shape index (κ2) is 70.1. The summed E-state index contributed by atoms with van der Waals surface area (Å²) in [6.45, 7) is 5.00. The second-order valence-corrected chi connectivity index (χ2v) is 25.6. The maximum absolute atomic E-state index is 12.5. The number of carbonyl (C=O) groups excluding carboxylic acids is 2. The third-order valence-electron chi connectivity index (χ3n) is 17.6. The van der Waals surface area contributed by atoms with Crippen molar-refractivity contribution in [2.75, 3.05) is 13.2 Å².